The highest BCUT2D eigenvalue weighted by Crippen LogP contribution is 2.21. The summed E-state index contributed by atoms with van der Waals surface area (Å²) < 4.78 is 16.5. The van der Waals surface area contributed by atoms with E-state index in [9.17, 15) is 9.59 Å². The second kappa shape index (κ2) is 15.7. The maximum absolute atomic E-state index is 12.4. The van der Waals surface area contributed by atoms with Gasteiger partial charge in [0.15, 0.2) is 0 Å². The highest BCUT2D eigenvalue weighted by molar-refractivity contribution is 5.91. The molecule has 1 atom stereocenters. The first-order valence-corrected chi connectivity index (χ1v) is 12.4. The first kappa shape index (κ1) is 27.2. The lowest BCUT2D eigenvalue weighted by molar-refractivity contribution is -0.134. The molecule has 0 N–H and O–H groups in total. The van der Waals surface area contributed by atoms with Crippen LogP contribution in [-0.4, -0.2) is 18.5 Å². The third-order valence-corrected chi connectivity index (χ3v) is 5.63. The summed E-state index contributed by atoms with van der Waals surface area (Å²) in [5, 5.41) is 0. The lowest BCUT2D eigenvalue weighted by Gasteiger charge is -2.11. The van der Waals surface area contributed by atoms with E-state index in [4.69, 9.17) is 14.2 Å². The molecule has 2 aromatic carbocycles. The summed E-state index contributed by atoms with van der Waals surface area (Å²) in [6, 6.07) is 13.4. The fourth-order valence-corrected chi connectivity index (χ4v) is 3.23. The molecule has 0 aliphatic rings. The van der Waals surface area contributed by atoms with E-state index < -0.39 is 5.97 Å². The van der Waals surface area contributed by atoms with Crippen LogP contribution in [0.25, 0.3) is 0 Å². The Bertz CT molecular complexity index is 870. The van der Waals surface area contributed by atoms with E-state index >= 15 is 0 Å². The first-order valence-electron chi connectivity index (χ1n) is 12.4. The molecule has 0 radical (unpaired) electrons. The molecule has 0 saturated carbocycles. The molecule has 5 nitrogen and oxygen atoms in total. The summed E-state index contributed by atoms with van der Waals surface area (Å²) >= 11 is 0. The standard InChI is InChI=1S/C29H38O5/c1-4-6-7-8-9-10-11-12-13-28(30)33-26-16-14-24(15-17-26)29(31)34-27-20-18-25(19-21-27)32-22-23(3)5-2/h4,14-21,23H,1,5-13,22H2,2-3H3/t23-/m0/s1. The largest absolute Gasteiger partial charge is 0.493 e. The van der Waals surface area contributed by atoms with Crippen molar-refractivity contribution in [2.45, 2.75) is 71.6 Å². The van der Waals surface area contributed by atoms with Gasteiger partial charge in [-0.1, -0.05) is 52.0 Å². The van der Waals surface area contributed by atoms with Crippen LogP contribution in [0.15, 0.2) is 61.2 Å². The van der Waals surface area contributed by atoms with Gasteiger partial charge in [-0.05, 0) is 73.7 Å². The number of ether oxygens (including phenoxy) is 3. The quantitative estimate of drug-likeness (QED) is 0.111. The van der Waals surface area contributed by atoms with Crippen LogP contribution in [0, 0.1) is 5.92 Å². The van der Waals surface area contributed by atoms with Crippen molar-refractivity contribution in [2.24, 2.45) is 5.92 Å². The van der Waals surface area contributed by atoms with E-state index in [1.54, 1.807) is 48.5 Å². The zero-order valence-corrected chi connectivity index (χ0v) is 20.6. The average Bonchev–Trinajstić information content (AvgIpc) is 2.85. The molecule has 0 aliphatic carbocycles. The van der Waals surface area contributed by atoms with E-state index in [0.29, 0.717) is 36.0 Å². The van der Waals surface area contributed by atoms with Gasteiger partial charge in [0, 0.05) is 6.42 Å². The number of unbranched alkanes of at least 4 members (excludes halogenated alkanes) is 6. The van der Waals surface area contributed by atoms with Gasteiger partial charge in [0.1, 0.15) is 17.2 Å². The Morgan fingerprint density at radius 1 is 0.824 bits per heavy atom. The minimum absolute atomic E-state index is 0.252. The molecule has 0 amide bonds. The monoisotopic (exact) mass is 466 g/mol. The summed E-state index contributed by atoms with van der Waals surface area (Å²) in [4.78, 5) is 24.4. The van der Waals surface area contributed by atoms with Crippen molar-refractivity contribution >= 4 is 11.9 Å². The maximum Gasteiger partial charge on any atom is 0.343 e. The van der Waals surface area contributed by atoms with Crippen molar-refractivity contribution in [2.75, 3.05) is 6.61 Å². The predicted molar refractivity (Wildman–Crippen MR) is 136 cm³/mol. The van der Waals surface area contributed by atoms with Crippen molar-refractivity contribution in [3.05, 3.63) is 66.7 Å². The second-order valence-electron chi connectivity index (χ2n) is 8.63. The van der Waals surface area contributed by atoms with Crippen LogP contribution in [0.2, 0.25) is 0 Å². The topological polar surface area (TPSA) is 61.8 Å². The molecule has 0 bridgehead atoms. The molecule has 0 aromatic heterocycles. The summed E-state index contributed by atoms with van der Waals surface area (Å²) in [6.07, 6.45) is 11.1. The number of allylic oxidation sites excluding steroid dienone is 1. The summed E-state index contributed by atoms with van der Waals surface area (Å²) in [6.45, 7) is 8.65. The fourth-order valence-electron chi connectivity index (χ4n) is 3.23. The minimum atomic E-state index is -0.473. The van der Waals surface area contributed by atoms with Gasteiger partial charge >= 0.3 is 11.9 Å². The zero-order valence-electron chi connectivity index (χ0n) is 20.6. The van der Waals surface area contributed by atoms with Gasteiger partial charge in [-0.25, -0.2) is 4.79 Å². The fraction of sp³-hybridized carbons (Fsp3) is 0.448. The van der Waals surface area contributed by atoms with Crippen LogP contribution in [0.4, 0.5) is 0 Å². The summed E-state index contributed by atoms with van der Waals surface area (Å²) in [7, 11) is 0. The third kappa shape index (κ3) is 10.7. The normalized spacial score (nSPS) is 11.5. The van der Waals surface area contributed by atoms with Gasteiger partial charge in [0.2, 0.25) is 0 Å². The first-order chi connectivity index (χ1) is 16.5. The molecule has 0 heterocycles. The number of hydrogen-bond donors (Lipinski definition) is 0. The molecule has 0 saturated heterocycles. The van der Waals surface area contributed by atoms with Crippen LogP contribution in [0.1, 0.15) is 82.0 Å². The Kier molecular flexibility index (Phi) is 12.5. The molecular formula is C29H38O5. The highest BCUT2D eigenvalue weighted by atomic mass is 16.5. The molecule has 0 spiro atoms. The minimum Gasteiger partial charge on any atom is -0.493 e. The molecular weight excluding hydrogens is 428 g/mol. The summed E-state index contributed by atoms with van der Waals surface area (Å²) in [5.41, 5.74) is 0.383. The molecule has 5 heteroatoms. The SMILES string of the molecule is C=CCCCCCCCCC(=O)Oc1ccc(C(=O)Oc2ccc(OC[C@@H](C)CC)cc2)cc1. The van der Waals surface area contributed by atoms with E-state index in [2.05, 4.69) is 20.4 Å². The van der Waals surface area contributed by atoms with E-state index in [0.717, 1.165) is 37.9 Å². The Labute approximate surface area is 204 Å². The number of hydrogen-bond acceptors (Lipinski definition) is 5. The van der Waals surface area contributed by atoms with Crippen LogP contribution < -0.4 is 14.2 Å². The van der Waals surface area contributed by atoms with Gasteiger partial charge in [-0.15, -0.1) is 6.58 Å². The van der Waals surface area contributed by atoms with E-state index in [-0.39, 0.29) is 5.97 Å². The molecule has 184 valence electrons. The molecule has 0 aliphatic heterocycles. The van der Waals surface area contributed by atoms with Crippen molar-refractivity contribution in [3.8, 4) is 17.2 Å². The smallest absolute Gasteiger partial charge is 0.343 e. The molecule has 34 heavy (non-hydrogen) atoms. The van der Waals surface area contributed by atoms with Gasteiger partial charge in [0.05, 0.1) is 12.2 Å². The third-order valence-electron chi connectivity index (χ3n) is 5.63. The maximum atomic E-state index is 12.4. The molecule has 0 unspecified atom stereocenters. The van der Waals surface area contributed by atoms with E-state index in [1.165, 1.54) is 19.3 Å². The number of esters is 2. The van der Waals surface area contributed by atoms with Crippen LogP contribution in [0.3, 0.4) is 0 Å². The Morgan fingerprint density at radius 2 is 1.38 bits per heavy atom. The molecule has 0 fully saturated rings. The molecule has 2 aromatic rings. The highest BCUT2D eigenvalue weighted by Gasteiger charge is 2.11. The van der Waals surface area contributed by atoms with Gasteiger partial charge in [-0.3, -0.25) is 4.79 Å². The second-order valence-corrected chi connectivity index (χ2v) is 8.63. The number of carbonyl (C=O) groups excluding carboxylic acids is 2. The Balaban J connectivity index is 1.70. The lowest BCUT2D eigenvalue weighted by atomic mass is 10.1. The number of benzene rings is 2. The van der Waals surface area contributed by atoms with Crippen molar-refractivity contribution in [1.29, 1.82) is 0 Å². The van der Waals surface area contributed by atoms with Crippen LogP contribution in [0.5, 0.6) is 17.2 Å². The zero-order chi connectivity index (χ0) is 24.6. The Morgan fingerprint density at radius 3 is 2.03 bits per heavy atom. The summed E-state index contributed by atoms with van der Waals surface area (Å²) in [5.74, 6) is 1.37. The van der Waals surface area contributed by atoms with Crippen molar-refractivity contribution in [1.82, 2.24) is 0 Å². The van der Waals surface area contributed by atoms with Crippen LogP contribution in [-0.2, 0) is 4.79 Å². The molecule has 2 rings (SSSR count). The van der Waals surface area contributed by atoms with Gasteiger partial charge in [0.25, 0.3) is 0 Å². The van der Waals surface area contributed by atoms with Gasteiger partial charge in [-0.2, -0.15) is 0 Å². The van der Waals surface area contributed by atoms with E-state index in [1.807, 2.05) is 6.08 Å². The number of rotatable bonds is 16. The Hall–Kier alpha value is -3.08. The van der Waals surface area contributed by atoms with Crippen molar-refractivity contribution in [3.63, 3.8) is 0 Å². The van der Waals surface area contributed by atoms with Crippen molar-refractivity contribution < 1.29 is 23.8 Å². The van der Waals surface area contributed by atoms with Crippen LogP contribution >= 0.6 is 0 Å². The lowest BCUT2D eigenvalue weighted by Crippen LogP contribution is -2.10. The number of carbonyl (C=O) groups is 2. The predicted octanol–water partition coefficient (Wildman–Crippen LogP) is 7.54. The average molecular weight is 467 g/mol. The van der Waals surface area contributed by atoms with Gasteiger partial charge < -0.3 is 14.2 Å².